The summed E-state index contributed by atoms with van der Waals surface area (Å²) < 4.78 is 10.2. The second kappa shape index (κ2) is 11.9. The van der Waals surface area contributed by atoms with Gasteiger partial charge in [0.2, 0.25) is 0 Å². The van der Waals surface area contributed by atoms with Crippen LogP contribution in [0.3, 0.4) is 0 Å². The third-order valence-electron chi connectivity index (χ3n) is 0.707. The monoisotopic (exact) mass is 162 g/mol. The normalized spacial score (nSPS) is 8.67. The van der Waals surface area contributed by atoms with Crippen molar-refractivity contribution < 1.29 is 14.4 Å². The van der Waals surface area contributed by atoms with Gasteiger partial charge in [-0.1, -0.05) is 0 Å². The van der Waals surface area contributed by atoms with Crippen LogP contribution in [0.1, 0.15) is 19.8 Å². The van der Waals surface area contributed by atoms with Crippen molar-refractivity contribution >= 4 is 36.2 Å². The molecule has 5 heteroatoms. The molecule has 0 unspecified atom stereocenters. The Morgan fingerprint density at radius 2 is 1.89 bits per heavy atom. The molecule has 0 heterocycles. The molecule has 9 heavy (non-hydrogen) atoms. The molecule has 0 saturated carbocycles. The van der Waals surface area contributed by atoms with Crippen LogP contribution in [0.4, 0.5) is 0 Å². The molecular formula is C4H12NaO3P. The second-order valence-electron chi connectivity index (χ2n) is 1.64. The molecule has 0 bridgehead atoms. The molecule has 0 rings (SSSR count). The van der Waals surface area contributed by atoms with E-state index < -0.39 is 8.25 Å². The van der Waals surface area contributed by atoms with Crippen molar-refractivity contribution in [1.29, 1.82) is 0 Å². The Labute approximate surface area is 73.8 Å². The van der Waals surface area contributed by atoms with Gasteiger partial charge >= 0.3 is 59.6 Å². The Bertz CT molecular complexity index is 62.8. The Kier molecular flexibility index (Phi) is 16.9. The first-order valence-corrected chi connectivity index (χ1v) is 5.78. The zero-order valence-corrected chi connectivity index (χ0v) is 8.92. The van der Waals surface area contributed by atoms with Crippen LogP contribution < -0.4 is 0 Å². The quantitative estimate of drug-likeness (QED) is 0.465. The molecular weight excluding hydrogens is 150 g/mol. The van der Waals surface area contributed by atoms with Gasteiger partial charge in [0.15, 0.2) is 0 Å². The summed E-state index contributed by atoms with van der Waals surface area (Å²) >= 11 is 1.40. The molecule has 52 valence electrons. The smallest absolute Gasteiger partial charge is 0.314 e. The predicted molar refractivity (Wildman–Crippen MR) is 38.9 cm³/mol. The van der Waals surface area contributed by atoms with E-state index in [0.717, 1.165) is 0 Å². The third kappa shape index (κ3) is 47.1. The van der Waals surface area contributed by atoms with Gasteiger partial charge in [-0.3, -0.25) is 4.57 Å². The van der Waals surface area contributed by atoms with E-state index in [2.05, 4.69) is 6.92 Å². The van der Waals surface area contributed by atoms with E-state index in [9.17, 15) is 0 Å². The molecule has 0 spiro atoms. The van der Waals surface area contributed by atoms with Gasteiger partial charge in [-0.15, -0.1) is 0 Å². The molecule has 0 radical (unpaired) electrons. The SMILES string of the molecule is CCC[CH2][Na].O=[PH](O)O. The standard InChI is InChI=1S/C4H9.Na.H3O3P/c1-3-4-2;;1-4(2)3/h1,3-4H2,2H3;;4H,(H2,1,2,3). The zero-order chi connectivity index (χ0) is 7.70. The topological polar surface area (TPSA) is 57.5 Å². The summed E-state index contributed by atoms with van der Waals surface area (Å²) in [5, 5.41) is 0. The fourth-order valence-corrected chi connectivity index (χ4v) is 1.06. The number of hydrogen-bond donors (Lipinski definition) is 2. The first-order valence-electron chi connectivity index (χ1n) is 3.07. The van der Waals surface area contributed by atoms with E-state index in [-0.39, 0.29) is 0 Å². The average molecular weight is 162 g/mol. The summed E-state index contributed by atoms with van der Waals surface area (Å²) in [4.78, 5) is 14.3. The van der Waals surface area contributed by atoms with Gasteiger partial charge in [0.05, 0.1) is 0 Å². The fourth-order valence-electron chi connectivity index (χ4n) is 0.354. The predicted octanol–water partition coefficient (Wildman–Crippen LogP) is 0.734. The van der Waals surface area contributed by atoms with E-state index in [1.807, 2.05) is 0 Å². The first-order chi connectivity index (χ1) is 4.15. The van der Waals surface area contributed by atoms with Crippen molar-refractivity contribution in [2.24, 2.45) is 0 Å². The van der Waals surface area contributed by atoms with Gasteiger partial charge in [-0.2, -0.15) is 0 Å². The molecule has 0 atom stereocenters. The molecule has 3 nitrogen and oxygen atoms in total. The van der Waals surface area contributed by atoms with Crippen molar-refractivity contribution in [3.8, 4) is 0 Å². The molecule has 0 saturated heterocycles. The molecule has 0 fully saturated rings. The minimum absolute atomic E-state index is 1.38. The van der Waals surface area contributed by atoms with Crippen molar-refractivity contribution in [3.63, 3.8) is 0 Å². The summed E-state index contributed by atoms with van der Waals surface area (Å²) in [6.07, 6.45) is 2.83. The van der Waals surface area contributed by atoms with E-state index in [4.69, 9.17) is 14.4 Å². The molecule has 0 aromatic carbocycles. The molecule has 0 aliphatic rings. The molecule has 2 N–H and O–H groups in total. The van der Waals surface area contributed by atoms with Crippen molar-refractivity contribution in [2.75, 3.05) is 0 Å². The van der Waals surface area contributed by atoms with Gasteiger partial charge < -0.3 is 9.79 Å². The van der Waals surface area contributed by atoms with Crippen LogP contribution in [-0.2, 0) is 4.57 Å². The van der Waals surface area contributed by atoms with Crippen LogP contribution in [0.2, 0.25) is 3.67 Å². The number of unbranched alkanes of at least 4 members (excludes halogenated alkanes) is 1. The molecule has 0 aromatic rings. The number of rotatable bonds is 2. The summed E-state index contributed by atoms with van der Waals surface area (Å²) in [6, 6.07) is 0. The largest absolute Gasteiger partial charge is 0.326 e. The maximum absolute atomic E-state index is 8.74. The summed E-state index contributed by atoms with van der Waals surface area (Å²) in [7, 11) is -3.13. The van der Waals surface area contributed by atoms with E-state index in [1.54, 1.807) is 0 Å². The Morgan fingerprint density at radius 1 is 1.56 bits per heavy atom. The van der Waals surface area contributed by atoms with Crippen LogP contribution in [0, 0.1) is 0 Å². The minimum Gasteiger partial charge on any atom is -0.326 e. The Morgan fingerprint density at radius 3 is 1.89 bits per heavy atom. The van der Waals surface area contributed by atoms with Crippen molar-refractivity contribution in [1.82, 2.24) is 0 Å². The van der Waals surface area contributed by atoms with Gasteiger partial charge in [-0.05, 0) is 0 Å². The first kappa shape index (κ1) is 12.8. The van der Waals surface area contributed by atoms with Gasteiger partial charge in [0.1, 0.15) is 0 Å². The minimum atomic E-state index is -3.13. The molecule has 0 aliphatic carbocycles. The van der Waals surface area contributed by atoms with Crippen molar-refractivity contribution in [2.45, 2.75) is 23.4 Å². The zero-order valence-electron chi connectivity index (χ0n) is 5.92. The van der Waals surface area contributed by atoms with Gasteiger partial charge in [-0.25, -0.2) is 0 Å². The average Bonchev–Trinajstić information content (AvgIpc) is 1.66. The summed E-state index contributed by atoms with van der Waals surface area (Å²) in [5.41, 5.74) is 0. The molecule has 0 amide bonds. The van der Waals surface area contributed by atoms with E-state index in [0.29, 0.717) is 0 Å². The van der Waals surface area contributed by atoms with Crippen LogP contribution in [0.25, 0.3) is 0 Å². The molecule has 0 aromatic heterocycles. The van der Waals surface area contributed by atoms with Crippen molar-refractivity contribution in [3.05, 3.63) is 0 Å². The number of hydrogen-bond acceptors (Lipinski definition) is 1. The third-order valence-corrected chi connectivity index (χ3v) is 1.41. The fraction of sp³-hybridized carbons (Fsp3) is 1.00. The van der Waals surface area contributed by atoms with E-state index >= 15 is 0 Å². The maximum Gasteiger partial charge on any atom is 0.314 e. The van der Waals surface area contributed by atoms with Crippen LogP contribution >= 0.6 is 8.25 Å². The van der Waals surface area contributed by atoms with E-state index in [1.165, 1.54) is 44.4 Å². The van der Waals surface area contributed by atoms with Crippen LogP contribution in [0.15, 0.2) is 0 Å². The Balaban J connectivity index is 0. The maximum atomic E-state index is 8.74. The van der Waals surface area contributed by atoms with Crippen LogP contribution in [0.5, 0.6) is 0 Å². The van der Waals surface area contributed by atoms with Gasteiger partial charge in [0.25, 0.3) is 0 Å². The van der Waals surface area contributed by atoms with Gasteiger partial charge in [0, 0.05) is 0 Å². The Hall–Kier alpha value is 1.15. The summed E-state index contributed by atoms with van der Waals surface area (Å²) in [6.45, 7) is 2.23. The molecule has 0 aliphatic heterocycles. The van der Waals surface area contributed by atoms with Crippen LogP contribution in [-0.4, -0.2) is 37.7 Å². The second-order valence-corrected chi connectivity index (χ2v) is 3.20. The summed E-state index contributed by atoms with van der Waals surface area (Å²) in [5.74, 6) is 0.